The molecule has 0 radical (unpaired) electrons. The third kappa shape index (κ3) is 2.86. The van der Waals surface area contributed by atoms with Crippen molar-refractivity contribution >= 4 is 33.1 Å². The maximum absolute atomic E-state index is 6.34. The van der Waals surface area contributed by atoms with Crippen LogP contribution in [0.2, 0.25) is 0 Å². The molecule has 3 aromatic heterocycles. The summed E-state index contributed by atoms with van der Waals surface area (Å²) in [5, 5.41) is 2.18. The number of nitrogens with zero attached hydrogens (tertiary/aromatic N) is 3. The lowest BCUT2D eigenvalue weighted by Crippen LogP contribution is -1.97. The molecule has 4 aromatic carbocycles. The second kappa shape index (κ2) is 7.42. The van der Waals surface area contributed by atoms with E-state index in [9.17, 15) is 0 Å². The molecule has 160 valence electrons. The molecular formula is C30H19N3O. The van der Waals surface area contributed by atoms with Gasteiger partial charge < -0.3 is 4.42 Å². The fourth-order valence-electron chi connectivity index (χ4n) is 4.69. The monoisotopic (exact) mass is 437 g/mol. The average molecular weight is 438 g/mol. The Labute approximate surface area is 195 Å². The van der Waals surface area contributed by atoms with E-state index in [4.69, 9.17) is 14.4 Å². The molecule has 0 fully saturated rings. The van der Waals surface area contributed by atoms with Crippen LogP contribution < -0.4 is 0 Å². The molecule has 4 nitrogen and oxygen atoms in total. The summed E-state index contributed by atoms with van der Waals surface area (Å²) in [4.78, 5) is 9.76. The summed E-state index contributed by atoms with van der Waals surface area (Å²) >= 11 is 0. The number of para-hydroxylation sites is 3. The van der Waals surface area contributed by atoms with Crippen molar-refractivity contribution in [2.45, 2.75) is 0 Å². The van der Waals surface area contributed by atoms with Gasteiger partial charge in [0.1, 0.15) is 11.2 Å². The van der Waals surface area contributed by atoms with Gasteiger partial charge in [-0.15, -0.1) is 0 Å². The number of aromatic nitrogens is 3. The van der Waals surface area contributed by atoms with Gasteiger partial charge in [-0.3, -0.25) is 4.57 Å². The van der Waals surface area contributed by atoms with Gasteiger partial charge in [0.15, 0.2) is 11.5 Å². The Morgan fingerprint density at radius 2 is 1.38 bits per heavy atom. The number of pyridine rings is 1. The number of benzene rings is 4. The molecule has 0 atom stereocenters. The number of rotatable bonds is 3. The highest BCUT2D eigenvalue weighted by atomic mass is 16.3. The van der Waals surface area contributed by atoms with E-state index in [1.54, 1.807) is 0 Å². The molecule has 7 rings (SSSR count). The SMILES string of the molecule is c1ccc(-c2cnc3nc(-c4cccc5c4oc4ccccc45)n(-c4ccccc4)c3c2)cc1. The topological polar surface area (TPSA) is 43.9 Å². The lowest BCUT2D eigenvalue weighted by Gasteiger charge is -2.10. The largest absolute Gasteiger partial charge is 0.455 e. The molecule has 0 bridgehead atoms. The zero-order valence-corrected chi connectivity index (χ0v) is 18.2. The summed E-state index contributed by atoms with van der Waals surface area (Å²) in [7, 11) is 0. The van der Waals surface area contributed by atoms with Crippen LogP contribution in [0.5, 0.6) is 0 Å². The van der Waals surface area contributed by atoms with Gasteiger partial charge in [-0.25, -0.2) is 9.97 Å². The number of fused-ring (bicyclic) bond motifs is 4. The molecule has 0 aliphatic heterocycles. The lowest BCUT2D eigenvalue weighted by molar-refractivity contribution is 0.669. The summed E-state index contributed by atoms with van der Waals surface area (Å²) in [6.45, 7) is 0. The van der Waals surface area contributed by atoms with Crippen molar-refractivity contribution < 1.29 is 4.42 Å². The van der Waals surface area contributed by atoms with E-state index in [0.717, 1.165) is 55.7 Å². The highest BCUT2D eigenvalue weighted by Crippen LogP contribution is 2.37. The molecular weight excluding hydrogens is 418 g/mol. The maximum atomic E-state index is 6.34. The zero-order chi connectivity index (χ0) is 22.5. The third-order valence-corrected chi connectivity index (χ3v) is 6.28. The summed E-state index contributed by atoms with van der Waals surface area (Å²) in [5.41, 5.74) is 7.51. The van der Waals surface area contributed by atoms with Crippen molar-refractivity contribution in [3.63, 3.8) is 0 Å². The Hall–Kier alpha value is -4.70. The van der Waals surface area contributed by atoms with Gasteiger partial charge >= 0.3 is 0 Å². The number of hydrogen-bond acceptors (Lipinski definition) is 3. The first-order valence-electron chi connectivity index (χ1n) is 11.3. The molecule has 0 saturated heterocycles. The highest BCUT2D eigenvalue weighted by molar-refractivity contribution is 6.09. The average Bonchev–Trinajstić information content (AvgIpc) is 3.48. The van der Waals surface area contributed by atoms with Gasteiger partial charge in [0.2, 0.25) is 0 Å². The molecule has 0 unspecified atom stereocenters. The molecule has 7 aromatic rings. The van der Waals surface area contributed by atoms with Gasteiger partial charge in [-0.2, -0.15) is 0 Å². The van der Waals surface area contributed by atoms with Crippen molar-refractivity contribution in [1.29, 1.82) is 0 Å². The van der Waals surface area contributed by atoms with E-state index < -0.39 is 0 Å². The van der Waals surface area contributed by atoms with Crippen molar-refractivity contribution in [2.24, 2.45) is 0 Å². The molecule has 0 aliphatic rings. The number of furan rings is 1. The minimum atomic E-state index is 0.701. The van der Waals surface area contributed by atoms with Gasteiger partial charge in [0.05, 0.1) is 11.1 Å². The van der Waals surface area contributed by atoms with E-state index in [1.807, 2.05) is 60.8 Å². The van der Waals surface area contributed by atoms with Crippen LogP contribution in [0.25, 0.3) is 61.3 Å². The first-order chi connectivity index (χ1) is 16.9. The van der Waals surface area contributed by atoms with Crippen molar-refractivity contribution in [1.82, 2.24) is 14.5 Å². The van der Waals surface area contributed by atoms with Gasteiger partial charge in [-0.1, -0.05) is 78.9 Å². The second-order valence-electron chi connectivity index (χ2n) is 8.32. The van der Waals surface area contributed by atoms with Gasteiger partial charge in [-0.05, 0) is 35.9 Å². The first kappa shape index (κ1) is 18.8. The highest BCUT2D eigenvalue weighted by Gasteiger charge is 2.20. The molecule has 34 heavy (non-hydrogen) atoms. The quantitative estimate of drug-likeness (QED) is 0.285. The van der Waals surface area contributed by atoms with E-state index in [-0.39, 0.29) is 0 Å². The Bertz CT molecular complexity index is 1800. The first-order valence-corrected chi connectivity index (χ1v) is 11.3. The van der Waals surface area contributed by atoms with Gasteiger partial charge in [0.25, 0.3) is 0 Å². The van der Waals surface area contributed by atoms with Crippen LogP contribution in [-0.2, 0) is 0 Å². The van der Waals surface area contributed by atoms with E-state index in [0.29, 0.717) is 5.65 Å². The number of hydrogen-bond donors (Lipinski definition) is 0. The molecule has 0 amide bonds. The van der Waals surface area contributed by atoms with E-state index >= 15 is 0 Å². The van der Waals surface area contributed by atoms with E-state index in [2.05, 4.69) is 59.2 Å². The normalized spacial score (nSPS) is 11.5. The smallest absolute Gasteiger partial charge is 0.178 e. The van der Waals surface area contributed by atoms with Crippen LogP contribution in [0.1, 0.15) is 0 Å². The number of imidazole rings is 1. The lowest BCUT2D eigenvalue weighted by atomic mass is 10.1. The molecule has 0 aliphatic carbocycles. The minimum absolute atomic E-state index is 0.701. The standard InChI is InChI=1S/C30H19N3O/c1-3-10-20(11-4-1)21-18-26-29(31-19-21)32-30(33(26)22-12-5-2-6-13-22)25-16-9-15-24-23-14-7-8-17-27(23)34-28(24)25/h1-19H. The zero-order valence-electron chi connectivity index (χ0n) is 18.2. The Morgan fingerprint density at radius 3 is 2.24 bits per heavy atom. The maximum Gasteiger partial charge on any atom is 0.178 e. The van der Waals surface area contributed by atoms with Crippen molar-refractivity contribution in [3.8, 4) is 28.2 Å². The minimum Gasteiger partial charge on any atom is -0.455 e. The van der Waals surface area contributed by atoms with Crippen LogP contribution in [0, 0.1) is 0 Å². The third-order valence-electron chi connectivity index (χ3n) is 6.28. The summed E-state index contributed by atoms with van der Waals surface area (Å²) < 4.78 is 8.52. The van der Waals surface area contributed by atoms with Crippen LogP contribution in [0.4, 0.5) is 0 Å². The Balaban J connectivity index is 1.56. The fraction of sp³-hybridized carbons (Fsp3) is 0. The second-order valence-corrected chi connectivity index (χ2v) is 8.32. The van der Waals surface area contributed by atoms with Crippen LogP contribution in [0.15, 0.2) is 120 Å². The summed E-state index contributed by atoms with van der Waals surface area (Å²) in [6.07, 6.45) is 1.89. The Kier molecular flexibility index (Phi) is 4.11. The summed E-state index contributed by atoms with van der Waals surface area (Å²) in [5.74, 6) is 0.809. The van der Waals surface area contributed by atoms with Crippen LogP contribution in [0.3, 0.4) is 0 Å². The fourth-order valence-corrected chi connectivity index (χ4v) is 4.69. The molecule has 3 heterocycles. The van der Waals surface area contributed by atoms with Crippen LogP contribution in [-0.4, -0.2) is 14.5 Å². The van der Waals surface area contributed by atoms with Crippen molar-refractivity contribution in [3.05, 3.63) is 115 Å². The molecule has 0 N–H and O–H groups in total. The molecule has 0 spiro atoms. The predicted octanol–water partition coefficient (Wildman–Crippen LogP) is 7.65. The molecule has 4 heteroatoms. The van der Waals surface area contributed by atoms with E-state index in [1.165, 1.54) is 0 Å². The predicted molar refractivity (Wildman–Crippen MR) is 137 cm³/mol. The molecule has 0 saturated carbocycles. The van der Waals surface area contributed by atoms with Gasteiger partial charge in [0, 0.05) is 28.2 Å². The Morgan fingerprint density at radius 1 is 0.647 bits per heavy atom. The summed E-state index contributed by atoms with van der Waals surface area (Å²) in [6, 6.07) is 37.2. The van der Waals surface area contributed by atoms with Crippen molar-refractivity contribution in [2.75, 3.05) is 0 Å². The van der Waals surface area contributed by atoms with Crippen LogP contribution >= 0.6 is 0 Å².